The fourth-order valence-electron chi connectivity index (χ4n) is 1.24. The van der Waals surface area contributed by atoms with Gasteiger partial charge in [0.05, 0.1) is 17.2 Å². The second kappa shape index (κ2) is 2.97. The summed E-state index contributed by atoms with van der Waals surface area (Å²) in [7, 11) is 0. The van der Waals surface area contributed by atoms with E-state index in [9.17, 15) is 9.18 Å². The number of rotatable bonds is 1. The molecule has 0 bridgehead atoms. The molecule has 2 rings (SSSR count). The van der Waals surface area contributed by atoms with Gasteiger partial charge in [-0.05, 0) is 12.1 Å². The molecule has 0 fully saturated rings. The molecule has 66 valence electrons. The molecule has 0 radical (unpaired) electrons. The van der Waals surface area contributed by atoms with Crippen LogP contribution in [-0.2, 0) is 6.80 Å². The molecule has 0 aliphatic rings. The summed E-state index contributed by atoms with van der Waals surface area (Å²) in [6, 6.07) is 6.95. The lowest BCUT2D eigenvalue weighted by atomic mass is 10.3. The smallest absolute Gasteiger partial charge is 0.271 e. The van der Waals surface area contributed by atoms with Gasteiger partial charge in [-0.25, -0.2) is 9.37 Å². The third-order valence-corrected chi connectivity index (χ3v) is 1.87. The number of aromatic nitrogens is 2. The van der Waals surface area contributed by atoms with Crippen molar-refractivity contribution >= 4 is 11.0 Å². The molecule has 0 unspecified atom stereocenters. The van der Waals surface area contributed by atoms with Gasteiger partial charge in [-0.1, -0.05) is 12.1 Å². The first kappa shape index (κ1) is 7.91. The highest BCUT2D eigenvalue weighted by atomic mass is 19.1. The van der Waals surface area contributed by atoms with Gasteiger partial charge in [0.1, 0.15) is 0 Å². The minimum atomic E-state index is -0.818. The molecule has 2 aromatic rings. The van der Waals surface area contributed by atoms with E-state index in [1.54, 1.807) is 24.3 Å². The third-order valence-electron chi connectivity index (χ3n) is 1.87. The van der Waals surface area contributed by atoms with Crippen LogP contribution in [0.4, 0.5) is 4.39 Å². The zero-order valence-corrected chi connectivity index (χ0v) is 6.77. The second-order valence-electron chi connectivity index (χ2n) is 2.63. The molecule has 1 aromatic carbocycles. The van der Waals surface area contributed by atoms with Crippen LogP contribution in [0, 0.1) is 0 Å². The van der Waals surface area contributed by atoms with Gasteiger partial charge in [0.15, 0.2) is 6.80 Å². The molecule has 4 heteroatoms. The summed E-state index contributed by atoms with van der Waals surface area (Å²) in [5.41, 5.74) is 0.735. The maximum atomic E-state index is 12.5. The van der Waals surface area contributed by atoms with Crippen LogP contribution in [-0.4, -0.2) is 9.55 Å². The maximum absolute atomic E-state index is 12.5. The number of fused-ring (bicyclic) bond motifs is 1. The van der Waals surface area contributed by atoms with Crippen LogP contribution < -0.4 is 5.56 Å². The van der Waals surface area contributed by atoms with Crippen LogP contribution in [0.2, 0.25) is 0 Å². The predicted molar refractivity (Wildman–Crippen MR) is 47.1 cm³/mol. The summed E-state index contributed by atoms with van der Waals surface area (Å²) in [6.45, 7) is -0.818. The van der Waals surface area contributed by atoms with Crippen LogP contribution >= 0.6 is 0 Å². The normalized spacial score (nSPS) is 10.5. The number of hydrogen-bond acceptors (Lipinski definition) is 2. The number of para-hydroxylation sites is 2. The Morgan fingerprint density at radius 3 is 2.92 bits per heavy atom. The van der Waals surface area contributed by atoms with Gasteiger partial charge >= 0.3 is 0 Å². The topological polar surface area (TPSA) is 34.9 Å². The molecule has 0 aliphatic carbocycles. The Bertz CT molecular complexity index is 492. The molecule has 1 aromatic heterocycles. The van der Waals surface area contributed by atoms with E-state index in [0.29, 0.717) is 11.0 Å². The molecule has 0 spiro atoms. The number of nitrogens with zero attached hydrogens (tertiary/aromatic N) is 2. The molecule has 1 heterocycles. The Balaban J connectivity index is 2.92. The summed E-state index contributed by atoms with van der Waals surface area (Å²) >= 11 is 0. The van der Waals surface area contributed by atoms with Crippen LogP contribution in [0.1, 0.15) is 0 Å². The molecule has 0 saturated carbocycles. The van der Waals surface area contributed by atoms with E-state index in [4.69, 9.17) is 0 Å². The van der Waals surface area contributed by atoms with Crippen molar-refractivity contribution in [2.45, 2.75) is 6.80 Å². The predicted octanol–water partition coefficient (Wildman–Crippen LogP) is 1.32. The molecular weight excluding hydrogens is 171 g/mol. The van der Waals surface area contributed by atoms with E-state index in [0.717, 1.165) is 10.8 Å². The highest BCUT2D eigenvalue weighted by Gasteiger charge is 2.01. The largest absolute Gasteiger partial charge is 0.277 e. The third kappa shape index (κ3) is 1.20. The second-order valence-corrected chi connectivity index (χ2v) is 2.63. The zero-order chi connectivity index (χ0) is 9.26. The van der Waals surface area contributed by atoms with E-state index in [2.05, 4.69) is 4.98 Å². The molecule has 0 amide bonds. The zero-order valence-electron chi connectivity index (χ0n) is 6.77. The van der Waals surface area contributed by atoms with Gasteiger partial charge in [0.2, 0.25) is 0 Å². The monoisotopic (exact) mass is 178 g/mol. The van der Waals surface area contributed by atoms with Gasteiger partial charge < -0.3 is 0 Å². The average molecular weight is 178 g/mol. The molecule has 0 N–H and O–H groups in total. The summed E-state index contributed by atoms with van der Waals surface area (Å²) in [4.78, 5) is 15.0. The van der Waals surface area contributed by atoms with E-state index in [-0.39, 0.29) is 0 Å². The molecule has 3 nitrogen and oxygen atoms in total. The van der Waals surface area contributed by atoms with Crippen molar-refractivity contribution in [2.75, 3.05) is 0 Å². The van der Waals surface area contributed by atoms with Crippen molar-refractivity contribution < 1.29 is 4.39 Å². The quantitative estimate of drug-likeness (QED) is 0.660. The summed E-state index contributed by atoms with van der Waals surface area (Å²) in [6.07, 6.45) is 1.13. The minimum Gasteiger partial charge on any atom is -0.277 e. The van der Waals surface area contributed by atoms with Crippen molar-refractivity contribution in [1.82, 2.24) is 9.55 Å². The van der Waals surface area contributed by atoms with Crippen molar-refractivity contribution in [3.63, 3.8) is 0 Å². The number of benzene rings is 1. The summed E-state index contributed by atoms with van der Waals surface area (Å²) in [5, 5.41) is 0. The molecule has 0 saturated heterocycles. The SMILES string of the molecule is O=c1cnc2ccccc2n1CF. The van der Waals surface area contributed by atoms with Gasteiger partial charge in [-0.15, -0.1) is 0 Å². The van der Waals surface area contributed by atoms with Crippen molar-refractivity contribution in [3.8, 4) is 0 Å². The Hall–Kier alpha value is -1.71. The fourth-order valence-corrected chi connectivity index (χ4v) is 1.24. The lowest BCUT2D eigenvalue weighted by Crippen LogP contribution is -2.18. The average Bonchev–Trinajstić information content (AvgIpc) is 2.18. The Morgan fingerprint density at radius 2 is 2.15 bits per heavy atom. The van der Waals surface area contributed by atoms with E-state index >= 15 is 0 Å². The van der Waals surface area contributed by atoms with Crippen LogP contribution in [0.3, 0.4) is 0 Å². The van der Waals surface area contributed by atoms with Crippen LogP contribution in [0.5, 0.6) is 0 Å². The Morgan fingerprint density at radius 1 is 1.38 bits per heavy atom. The van der Waals surface area contributed by atoms with Gasteiger partial charge in [0.25, 0.3) is 5.56 Å². The standard InChI is InChI=1S/C9H7FN2O/c10-6-12-8-4-2-1-3-7(8)11-5-9(12)13/h1-5H,6H2. The Labute approximate surface area is 73.5 Å². The summed E-state index contributed by atoms with van der Waals surface area (Å²) < 4.78 is 13.5. The maximum Gasteiger partial charge on any atom is 0.271 e. The van der Waals surface area contributed by atoms with E-state index in [1.807, 2.05) is 0 Å². The number of hydrogen-bond donors (Lipinski definition) is 0. The van der Waals surface area contributed by atoms with E-state index < -0.39 is 12.4 Å². The first-order chi connectivity index (χ1) is 6.33. The van der Waals surface area contributed by atoms with Gasteiger partial charge in [-0.2, -0.15) is 0 Å². The lowest BCUT2D eigenvalue weighted by molar-refractivity contribution is 0.377. The first-order valence-corrected chi connectivity index (χ1v) is 3.83. The lowest BCUT2D eigenvalue weighted by Gasteiger charge is -2.03. The van der Waals surface area contributed by atoms with Crippen molar-refractivity contribution in [2.24, 2.45) is 0 Å². The van der Waals surface area contributed by atoms with Gasteiger partial charge in [0, 0.05) is 0 Å². The first-order valence-electron chi connectivity index (χ1n) is 3.83. The number of alkyl halides is 1. The molecular formula is C9H7FN2O. The van der Waals surface area contributed by atoms with Crippen LogP contribution in [0.15, 0.2) is 35.3 Å². The van der Waals surface area contributed by atoms with Crippen molar-refractivity contribution in [3.05, 3.63) is 40.8 Å². The van der Waals surface area contributed by atoms with Gasteiger partial charge in [-0.3, -0.25) is 9.36 Å². The fraction of sp³-hybridized carbons (Fsp3) is 0.111. The molecule has 13 heavy (non-hydrogen) atoms. The Kier molecular flexibility index (Phi) is 1.81. The van der Waals surface area contributed by atoms with Crippen LogP contribution in [0.25, 0.3) is 11.0 Å². The van der Waals surface area contributed by atoms with Crippen molar-refractivity contribution in [1.29, 1.82) is 0 Å². The highest BCUT2D eigenvalue weighted by Crippen LogP contribution is 2.07. The van der Waals surface area contributed by atoms with E-state index in [1.165, 1.54) is 0 Å². The minimum absolute atomic E-state index is 0.416. The highest BCUT2D eigenvalue weighted by molar-refractivity contribution is 5.73. The molecule has 0 atom stereocenters. The molecule has 0 aliphatic heterocycles. The number of halogens is 1. The summed E-state index contributed by atoms with van der Waals surface area (Å²) in [5.74, 6) is 0.